The van der Waals surface area contributed by atoms with E-state index < -0.39 is 11.4 Å². The van der Waals surface area contributed by atoms with Crippen molar-refractivity contribution >= 4 is 17.5 Å². The van der Waals surface area contributed by atoms with E-state index in [0.29, 0.717) is 57.4 Å². The third-order valence-corrected chi connectivity index (χ3v) is 8.21. The number of nitrogens with two attached hydrogens (primary N) is 1. The number of likely N-dealkylation sites (tertiary alicyclic amines) is 1. The first-order valence-corrected chi connectivity index (χ1v) is 13.4. The van der Waals surface area contributed by atoms with Crippen molar-refractivity contribution in [3.05, 3.63) is 34.6 Å². The van der Waals surface area contributed by atoms with Gasteiger partial charge in [-0.25, -0.2) is 4.39 Å². The lowest BCUT2D eigenvalue weighted by atomic mass is 9.73. The molecule has 1 amide bonds. The van der Waals surface area contributed by atoms with Crippen molar-refractivity contribution in [2.75, 3.05) is 33.9 Å². The Morgan fingerprint density at radius 2 is 2.11 bits per heavy atom. The number of benzene rings is 1. The minimum absolute atomic E-state index is 0.000571. The van der Waals surface area contributed by atoms with Crippen molar-refractivity contribution in [1.82, 2.24) is 4.90 Å². The molecule has 35 heavy (non-hydrogen) atoms. The van der Waals surface area contributed by atoms with Crippen LogP contribution < -0.4 is 5.73 Å². The minimum Gasteiger partial charge on any atom is -0.385 e. The zero-order valence-corrected chi connectivity index (χ0v) is 21.9. The second-order valence-corrected chi connectivity index (χ2v) is 10.8. The topological polar surface area (TPSA) is 85.0 Å². The molecule has 1 saturated carbocycles. The van der Waals surface area contributed by atoms with E-state index >= 15 is 4.39 Å². The average Bonchev–Trinajstić information content (AvgIpc) is 2.84. The van der Waals surface area contributed by atoms with E-state index in [9.17, 15) is 9.90 Å². The summed E-state index contributed by atoms with van der Waals surface area (Å²) in [4.78, 5) is 14.9. The standard InChI is InChI=1S/C27H42ClFN2O4/c1-34-14-4-3-12-27(33,23-8-5-9-24(28)26(23)29)20-7-6-13-31(18-20)25(32)11-10-21(30)15-19-16-22(17-19)35-2/h5,8-9,19-22,33H,3-4,6-7,10-18,30H2,1-2H3/t19?,20-,21-,22?,27+/m1/s1. The number of halogens is 2. The number of amides is 1. The zero-order valence-electron chi connectivity index (χ0n) is 21.2. The summed E-state index contributed by atoms with van der Waals surface area (Å²) in [5.74, 6) is -0.207. The Morgan fingerprint density at radius 1 is 1.34 bits per heavy atom. The van der Waals surface area contributed by atoms with E-state index in [1.807, 2.05) is 4.90 Å². The molecule has 0 aromatic heterocycles. The summed E-state index contributed by atoms with van der Waals surface area (Å²) in [6, 6.07) is 4.78. The van der Waals surface area contributed by atoms with Crippen LogP contribution in [0.25, 0.3) is 0 Å². The van der Waals surface area contributed by atoms with Gasteiger partial charge in [0.25, 0.3) is 0 Å². The molecule has 0 spiro atoms. The molecule has 1 heterocycles. The molecule has 1 aromatic rings. The van der Waals surface area contributed by atoms with Crippen molar-refractivity contribution in [1.29, 1.82) is 0 Å². The maximum Gasteiger partial charge on any atom is 0.222 e. The van der Waals surface area contributed by atoms with Gasteiger partial charge in [0.05, 0.1) is 16.7 Å². The smallest absolute Gasteiger partial charge is 0.222 e. The second-order valence-electron chi connectivity index (χ2n) is 10.4. The molecule has 6 nitrogen and oxygen atoms in total. The number of piperidine rings is 1. The van der Waals surface area contributed by atoms with Crippen LogP contribution in [-0.4, -0.2) is 62.0 Å². The first-order valence-electron chi connectivity index (χ1n) is 13.0. The SMILES string of the molecule is COCCCC[C@@](O)(c1cccc(Cl)c1F)[C@@H]1CCCN(C(=O)CC[C@@H](N)CC2CC(OC)C2)C1. The highest BCUT2D eigenvalue weighted by molar-refractivity contribution is 6.30. The number of hydrogen-bond donors (Lipinski definition) is 2. The lowest BCUT2D eigenvalue weighted by molar-refractivity contribution is -0.137. The minimum atomic E-state index is -1.40. The molecule has 2 fully saturated rings. The third kappa shape index (κ3) is 7.39. The van der Waals surface area contributed by atoms with Crippen molar-refractivity contribution in [2.45, 2.75) is 82.0 Å². The largest absolute Gasteiger partial charge is 0.385 e. The summed E-state index contributed by atoms with van der Waals surface area (Å²) in [5.41, 5.74) is 5.13. The number of carbonyl (C=O) groups excluding carboxylic acids is 1. The number of nitrogens with zero attached hydrogens (tertiary/aromatic N) is 1. The number of hydrogen-bond acceptors (Lipinski definition) is 5. The van der Waals surface area contributed by atoms with E-state index in [4.69, 9.17) is 26.8 Å². The van der Waals surface area contributed by atoms with Crippen molar-refractivity contribution in [3.8, 4) is 0 Å². The van der Waals surface area contributed by atoms with Gasteiger partial charge in [-0.05, 0) is 69.8 Å². The maximum absolute atomic E-state index is 15.1. The molecule has 2 aliphatic rings. The molecule has 3 N–H and O–H groups in total. The predicted octanol–water partition coefficient (Wildman–Crippen LogP) is 4.64. The van der Waals surface area contributed by atoms with Gasteiger partial charge in [0.15, 0.2) is 0 Å². The summed E-state index contributed by atoms with van der Waals surface area (Å²) in [6.07, 6.45) is 7.75. The van der Waals surface area contributed by atoms with Crippen LogP contribution in [0.2, 0.25) is 5.02 Å². The fourth-order valence-electron chi connectivity index (χ4n) is 5.70. The van der Waals surface area contributed by atoms with Gasteiger partial charge in [0, 0.05) is 57.9 Å². The fourth-order valence-corrected chi connectivity index (χ4v) is 5.88. The Bertz CT molecular complexity index is 822. The van der Waals surface area contributed by atoms with Crippen LogP contribution in [0, 0.1) is 17.7 Å². The van der Waals surface area contributed by atoms with Crippen molar-refractivity contribution < 1.29 is 23.8 Å². The Balaban J connectivity index is 1.61. The molecule has 8 heteroatoms. The fraction of sp³-hybridized carbons (Fsp3) is 0.741. The Labute approximate surface area is 214 Å². The highest BCUT2D eigenvalue weighted by Crippen LogP contribution is 2.42. The molecule has 198 valence electrons. The quantitative estimate of drug-likeness (QED) is 0.376. The van der Waals surface area contributed by atoms with Gasteiger partial charge in [-0.15, -0.1) is 0 Å². The summed E-state index contributed by atoms with van der Waals surface area (Å²) in [7, 11) is 3.38. The molecule has 0 bridgehead atoms. The highest BCUT2D eigenvalue weighted by atomic mass is 35.5. The van der Waals surface area contributed by atoms with Gasteiger partial charge >= 0.3 is 0 Å². The van der Waals surface area contributed by atoms with Crippen LogP contribution in [0.15, 0.2) is 18.2 Å². The molecule has 1 saturated heterocycles. The van der Waals surface area contributed by atoms with Crippen LogP contribution in [0.3, 0.4) is 0 Å². The van der Waals surface area contributed by atoms with E-state index in [2.05, 4.69) is 0 Å². The number of carbonyl (C=O) groups is 1. The first-order chi connectivity index (χ1) is 16.8. The van der Waals surface area contributed by atoms with Crippen LogP contribution >= 0.6 is 11.6 Å². The molecular weight excluding hydrogens is 471 g/mol. The normalized spacial score (nSPS) is 25.1. The molecular formula is C27H42ClFN2O4. The molecule has 0 unspecified atom stereocenters. The number of rotatable bonds is 13. The number of methoxy groups -OCH3 is 2. The van der Waals surface area contributed by atoms with Crippen LogP contribution in [-0.2, 0) is 19.9 Å². The number of unbranched alkanes of at least 4 members (excludes halogenated alkanes) is 1. The molecule has 1 aliphatic heterocycles. The number of ether oxygens (including phenoxy) is 2. The molecule has 0 radical (unpaired) electrons. The van der Waals surface area contributed by atoms with Crippen molar-refractivity contribution in [2.24, 2.45) is 17.6 Å². The van der Waals surface area contributed by atoms with Gasteiger partial charge in [-0.3, -0.25) is 4.79 Å². The average molecular weight is 513 g/mol. The van der Waals surface area contributed by atoms with Crippen LogP contribution in [0.4, 0.5) is 4.39 Å². The first kappa shape index (κ1) is 28.3. The van der Waals surface area contributed by atoms with E-state index in [-0.39, 0.29) is 28.5 Å². The Kier molecular flexibility index (Phi) is 10.8. The van der Waals surface area contributed by atoms with Gasteiger partial charge < -0.3 is 25.2 Å². The van der Waals surface area contributed by atoms with Crippen molar-refractivity contribution in [3.63, 3.8) is 0 Å². The summed E-state index contributed by atoms with van der Waals surface area (Å²) >= 11 is 6.07. The zero-order chi connectivity index (χ0) is 25.4. The molecule has 1 aromatic carbocycles. The van der Waals surface area contributed by atoms with Crippen LogP contribution in [0.1, 0.15) is 69.8 Å². The summed E-state index contributed by atoms with van der Waals surface area (Å²) in [5, 5.41) is 11.9. The van der Waals surface area contributed by atoms with Gasteiger partial charge in [-0.2, -0.15) is 0 Å². The third-order valence-electron chi connectivity index (χ3n) is 7.91. The monoisotopic (exact) mass is 512 g/mol. The lowest BCUT2D eigenvalue weighted by Gasteiger charge is -2.43. The predicted molar refractivity (Wildman–Crippen MR) is 136 cm³/mol. The number of aliphatic hydroxyl groups is 1. The van der Waals surface area contributed by atoms with Gasteiger partial charge in [-0.1, -0.05) is 23.7 Å². The molecule has 3 atom stereocenters. The second kappa shape index (κ2) is 13.3. The van der Waals surface area contributed by atoms with E-state index in [1.54, 1.807) is 26.4 Å². The summed E-state index contributed by atoms with van der Waals surface area (Å²) in [6.45, 7) is 1.63. The maximum atomic E-state index is 15.1. The van der Waals surface area contributed by atoms with Gasteiger partial charge in [0.1, 0.15) is 5.82 Å². The highest BCUT2D eigenvalue weighted by Gasteiger charge is 2.43. The summed E-state index contributed by atoms with van der Waals surface area (Å²) < 4.78 is 25.5. The molecule has 3 rings (SSSR count). The Morgan fingerprint density at radius 3 is 2.83 bits per heavy atom. The van der Waals surface area contributed by atoms with E-state index in [1.165, 1.54) is 6.07 Å². The molecule has 1 aliphatic carbocycles. The van der Waals surface area contributed by atoms with E-state index in [0.717, 1.165) is 38.5 Å². The van der Waals surface area contributed by atoms with Crippen LogP contribution in [0.5, 0.6) is 0 Å². The lowest BCUT2D eigenvalue weighted by Crippen LogP contribution is -2.48. The Hall–Kier alpha value is -1.25. The van der Waals surface area contributed by atoms with Gasteiger partial charge in [0.2, 0.25) is 5.91 Å².